The number of hydrogen-bond donors (Lipinski definition) is 0. The molecular formula is C23H29N3O3S. The molecule has 4 rings (SSSR count). The highest BCUT2D eigenvalue weighted by atomic mass is 32.2. The van der Waals surface area contributed by atoms with E-state index in [4.69, 9.17) is 0 Å². The minimum atomic E-state index is -3.66. The van der Waals surface area contributed by atoms with Crippen LogP contribution in [0.5, 0.6) is 0 Å². The van der Waals surface area contributed by atoms with Crippen molar-refractivity contribution < 1.29 is 13.2 Å². The first-order chi connectivity index (χ1) is 14.4. The molecule has 7 heteroatoms. The highest BCUT2D eigenvalue weighted by Crippen LogP contribution is 2.28. The Hall–Kier alpha value is -2.22. The SMILES string of the molecule is Cc1ccc(S(=O)(=O)N2CCCC2C(=O)N2CCN(Cc3ccccc3)CC2)cc1. The van der Waals surface area contributed by atoms with Gasteiger partial charge in [0.2, 0.25) is 15.9 Å². The molecule has 0 N–H and O–H groups in total. The quantitative estimate of drug-likeness (QED) is 0.736. The molecule has 1 atom stereocenters. The molecule has 2 heterocycles. The first-order valence-electron chi connectivity index (χ1n) is 10.6. The van der Waals surface area contributed by atoms with Crippen molar-refractivity contribution in [3.8, 4) is 0 Å². The number of nitrogens with zero attached hydrogens (tertiary/aromatic N) is 3. The minimum absolute atomic E-state index is 0.0532. The fourth-order valence-corrected chi connectivity index (χ4v) is 5.95. The predicted octanol–water partition coefficient (Wildman–Crippen LogP) is 2.49. The molecule has 2 aromatic rings. The number of piperazine rings is 1. The van der Waals surface area contributed by atoms with Crippen molar-refractivity contribution >= 4 is 15.9 Å². The summed E-state index contributed by atoms with van der Waals surface area (Å²) in [6.07, 6.45) is 1.31. The van der Waals surface area contributed by atoms with Crippen LogP contribution in [0.3, 0.4) is 0 Å². The Morgan fingerprint density at radius 2 is 1.60 bits per heavy atom. The van der Waals surface area contributed by atoms with Crippen molar-refractivity contribution in [2.75, 3.05) is 32.7 Å². The summed E-state index contributed by atoms with van der Waals surface area (Å²) in [6.45, 7) is 6.09. The van der Waals surface area contributed by atoms with Gasteiger partial charge in [0.05, 0.1) is 4.90 Å². The highest BCUT2D eigenvalue weighted by molar-refractivity contribution is 7.89. The topological polar surface area (TPSA) is 60.9 Å². The first-order valence-corrected chi connectivity index (χ1v) is 12.0. The molecule has 2 aliphatic rings. The zero-order valence-corrected chi connectivity index (χ0v) is 18.2. The summed E-state index contributed by atoms with van der Waals surface area (Å²) in [5, 5.41) is 0. The molecule has 0 aromatic heterocycles. The van der Waals surface area contributed by atoms with Crippen molar-refractivity contribution in [1.29, 1.82) is 0 Å². The molecule has 2 aliphatic heterocycles. The zero-order chi connectivity index (χ0) is 21.1. The van der Waals surface area contributed by atoms with Crippen molar-refractivity contribution in [3.63, 3.8) is 0 Å². The van der Waals surface area contributed by atoms with Crippen LogP contribution in [0.1, 0.15) is 24.0 Å². The molecule has 0 radical (unpaired) electrons. The Morgan fingerprint density at radius 3 is 2.27 bits per heavy atom. The maximum absolute atomic E-state index is 13.2. The molecule has 160 valence electrons. The number of carbonyl (C=O) groups excluding carboxylic acids is 1. The normalized spacial score (nSPS) is 21.1. The molecule has 1 unspecified atom stereocenters. The van der Waals surface area contributed by atoms with Crippen LogP contribution in [0.25, 0.3) is 0 Å². The highest BCUT2D eigenvalue weighted by Gasteiger charge is 2.41. The van der Waals surface area contributed by atoms with E-state index < -0.39 is 16.1 Å². The van der Waals surface area contributed by atoms with Crippen LogP contribution in [0.4, 0.5) is 0 Å². The second kappa shape index (κ2) is 8.88. The number of sulfonamides is 1. The van der Waals surface area contributed by atoms with Gasteiger partial charge in [-0.05, 0) is 37.5 Å². The summed E-state index contributed by atoms with van der Waals surface area (Å²) < 4.78 is 27.7. The standard InChI is InChI=1S/C23H29N3O3S/c1-19-9-11-21(12-10-19)30(28,29)26-13-5-8-22(26)23(27)25-16-14-24(15-17-25)18-20-6-3-2-4-7-20/h2-4,6-7,9-12,22H,5,8,13-18H2,1H3. The van der Waals surface area contributed by atoms with Crippen molar-refractivity contribution in [1.82, 2.24) is 14.1 Å². The Labute approximate surface area is 179 Å². The number of carbonyl (C=O) groups is 1. The summed E-state index contributed by atoms with van der Waals surface area (Å²) in [5.41, 5.74) is 2.28. The van der Waals surface area contributed by atoms with Crippen LogP contribution in [0, 0.1) is 6.92 Å². The van der Waals surface area contributed by atoms with Gasteiger partial charge in [0.1, 0.15) is 6.04 Å². The molecule has 6 nitrogen and oxygen atoms in total. The lowest BCUT2D eigenvalue weighted by Crippen LogP contribution is -2.54. The van der Waals surface area contributed by atoms with Crippen LogP contribution in [0.15, 0.2) is 59.5 Å². The maximum Gasteiger partial charge on any atom is 0.243 e. The lowest BCUT2D eigenvalue weighted by atomic mass is 10.1. The van der Waals surface area contributed by atoms with E-state index >= 15 is 0 Å². The molecule has 0 spiro atoms. The van der Waals surface area contributed by atoms with E-state index in [1.54, 1.807) is 24.3 Å². The fourth-order valence-electron chi connectivity index (χ4n) is 4.30. The smallest absolute Gasteiger partial charge is 0.243 e. The summed E-state index contributed by atoms with van der Waals surface area (Å²) in [7, 11) is -3.66. The van der Waals surface area contributed by atoms with Crippen LogP contribution >= 0.6 is 0 Å². The molecule has 0 saturated carbocycles. The largest absolute Gasteiger partial charge is 0.339 e. The minimum Gasteiger partial charge on any atom is -0.339 e. The third-order valence-corrected chi connectivity index (χ3v) is 7.97. The third-order valence-electron chi connectivity index (χ3n) is 6.05. The van der Waals surface area contributed by atoms with Gasteiger partial charge in [-0.15, -0.1) is 0 Å². The Bertz CT molecular complexity index is 969. The van der Waals surface area contributed by atoms with E-state index in [9.17, 15) is 13.2 Å². The van der Waals surface area contributed by atoms with Gasteiger partial charge in [-0.25, -0.2) is 8.42 Å². The van der Waals surface area contributed by atoms with Gasteiger partial charge < -0.3 is 4.90 Å². The van der Waals surface area contributed by atoms with Gasteiger partial charge in [0, 0.05) is 39.3 Å². The summed E-state index contributed by atoms with van der Waals surface area (Å²) in [4.78, 5) is 17.7. The molecule has 0 bridgehead atoms. The summed E-state index contributed by atoms with van der Waals surface area (Å²) in [5.74, 6) is -0.0532. The van der Waals surface area contributed by atoms with Crippen LogP contribution in [-0.4, -0.2) is 67.2 Å². The summed E-state index contributed by atoms with van der Waals surface area (Å²) >= 11 is 0. The van der Waals surface area contributed by atoms with Crippen LogP contribution in [-0.2, 0) is 21.4 Å². The van der Waals surface area contributed by atoms with Crippen LogP contribution < -0.4 is 0 Å². The van der Waals surface area contributed by atoms with E-state index in [0.717, 1.165) is 31.6 Å². The number of amides is 1. The van der Waals surface area contributed by atoms with Crippen molar-refractivity contribution in [3.05, 3.63) is 65.7 Å². The number of benzene rings is 2. The molecule has 30 heavy (non-hydrogen) atoms. The van der Waals surface area contributed by atoms with Gasteiger partial charge in [0.25, 0.3) is 0 Å². The van der Waals surface area contributed by atoms with Gasteiger partial charge in [-0.1, -0.05) is 48.0 Å². The van der Waals surface area contributed by atoms with Gasteiger partial charge in [-0.3, -0.25) is 9.69 Å². The lowest BCUT2D eigenvalue weighted by Gasteiger charge is -2.37. The second-order valence-corrected chi connectivity index (χ2v) is 10.1. The average Bonchev–Trinajstić information content (AvgIpc) is 3.26. The molecule has 1 amide bonds. The zero-order valence-electron chi connectivity index (χ0n) is 17.4. The monoisotopic (exact) mass is 427 g/mol. The number of hydrogen-bond acceptors (Lipinski definition) is 4. The first kappa shape index (κ1) is 21.0. The average molecular weight is 428 g/mol. The van der Waals surface area contributed by atoms with Crippen LogP contribution in [0.2, 0.25) is 0 Å². The van der Waals surface area contributed by atoms with E-state index in [-0.39, 0.29) is 10.8 Å². The number of aryl methyl sites for hydroxylation is 1. The lowest BCUT2D eigenvalue weighted by molar-refractivity contribution is -0.136. The van der Waals surface area contributed by atoms with Gasteiger partial charge in [-0.2, -0.15) is 4.31 Å². The van der Waals surface area contributed by atoms with Gasteiger partial charge in [0.15, 0.2) is 0 Å². The predicted molar refractivity (Wildman–Crippen MR) is 116 cm³/mol. The van der Waals surface area contributed by atoms with Gasteiger partial charge >= 0.3 is 0 Å². The van der Waals surface area contributed by atoms with E-state index in [2.05, 4.69) is 17.0 Å². The number of rotatable bonds is 5. The maximum atomic E-state index is 13.2. The van der Waals surface area contributed by atoms with E-state index in [1.165, 1.54) is 9.87 Å². The Morgan fingerprint density at radius 1 is 0.933 bits per heavy atom. The fraction of sp³-hybridized carbons (Fsp3) is 0.435. The molecule has 2 fully saturated rings. The molecule has 2 aromatic carbocycles. The molecule has 0 aliphatic carbocycles. The summed E-state index contributed by atoms with van der Waals surface area (Å²) in [6, 6.07) is 16.6. The van der Waals surface area contributed by atoms with Crippen molar-refractivity contribution in [2.24, 2.45) is 0 Å². The third kappa shape index (κ3) is 4.43. The second-order valence-electron chi connectivity index (χ2n) is 8.17. The molecule has 2 saturated heterocycles. The molecular weight excluding hydrogens is 398 g/mol. The van der Waals surface area contributed by atoms with E-state index in [1.807, 2.05) is 30.0 Å². The Balaban J connectivity index is 1.40. The van der Waals surface area contributed by atoms with E-state index in [0.29, 0.717) is 26.1 Å². The Kier molecular flexibility index (Phi) is 6.22. The van der Waals surface area contributed by atoms with Crippen molar-refractivity contribution in [2.45, 2.75) is 37.2 Å².